The van der Waals surface area contributed by atoms with Gasteiger partial charge in [0, 0.05) is 6.42 Å². The number of nitriles is 1. The molecule has 1 aromatic rings. The van der Waals surface area contributed by atoms with Crippen LogP contribution in [-0.2, 0) is 4.79 Å². The highest BCUT2D eigenvalue weighted by atomic mass is 16.1. The maximum absolute atomic E-state index is 12.0. The molecule has 0 N–H and O–H groups in total. The van der Waals surface area contributed by atoms with Crippen LogP contribution < -0.4 is 0 Å². The van der Waals surface area contributed by atoms with E-state index in [4.69, 9.17) is 5.26 Å². The Hall–Kier alpha value is -1.62. The monoisotopic (exact) mass is 229 g/mol. The molecule has 2 atom stereocenters. The van der Waals surface area contributed by atoms with Crippen LogP contribution in [0.1, 0.15) is 43.7 Å². The lowest BCUT2D eigenvalue weighted by molar-refractivity contribution is -0.120. The number of nitrogens with zero attached hydrogens (tertiary/aromatic N) is 1. The van der Waals surface area contributed by atoms with Gasteiger partial charge in [-0.3, -0.25) is 4.79 Å². The van der Waals surface area contributed by atoms with E-state index < -0.39 is 5.92 Å². The Balaban J connectivity index is 2.82. The molecule has 2 unspecified atom stereocenters. The summed E-state index contributed by atoms with van der Waals surface area (Å²) in [7, 11) is 0. The third-order valence-electron chi connectivity index (χ3n) is 3.11. The maximum atomic E-state index is 12.0. The average molecular weight is 229 g/mol. The van der Waals surface area contributed by atoms with Crippen molar-refractivity contribution in [3.8, 4) is 6.07 Å². The molecule has 0 saturated carbocycles. The lowest BCUT2D eigenvalue weighted by atomic mass is 9.89. The van der Waals surface area contributed by atoms with Gasteiger partial charge in [-0.15, -0.1) is 0 Å². The summed E-state index contributed by atoms with van der Waals surface area (Å²) in [5.74, 6) is -0.223. The van der Waals surface area contributed by atoms with Gasteiger partial charge in [-0.1, -0.05) is 50.1 Å². The van der Waals surface area contributed by atoms with Gasteiger partial charge in [0.05, 0.1) is 6.07 Å². The Kier molecular flexibility index (Phi) is 4.90. The highest BCUT2D eigenvalue weighted by molar-refractivity contribution is 5.88. The smallest absolute Gasteiger partial charge is 0.154 e. The van der Waals surface area contributed by atoms with E-state index >= 15 is 0 Å². The zero-order chi connectivity index (χ0) is 12.8. The van der Waals surface area contributed by atoms with E-state index in [2.05, 4.69) is 13.0 Å². The van der Waals surface area contributed by atoms with Crippen LogP contribution in [0.5, 0.6) is 0 Å². The Morgan fingerprint density at radius 2 is 1.94 bits per heavy atom. The third-order valence-corrected chi connectivity index (χ3v) is 3.11. The molecule has 0 radical (unpaired) electrons. The molecule has 90 valence electrons. The predicted molar refractivity (Wildman–Crippen MR) is 68.6 cm³/mol. The molecule has 0 aromatic heterocycles. The van der Waals surface area contributed by atoms with E-state index in [1.165, 1.54) is 0 Å². The van der Waals surface area contributed by atoms with Crippen molar-refractivity contribution in [2.75, 3.05) is 0 Å². The highest BCUT2D eigenvalue weighted by Crippen LogP contribution is 2.21. The molecular weight excluding hydrogens is 210 g/mol. The number of rotatable bonds is 5. The number of ketones is 1. The van der Waals surface area contributed by atoms with Crippen LogP contribution in [0.15, 0.2) is 24.3 Å². The molecule has 0 bridgehead atoms. The molecule has 0 saturated heterocycles. The summed E-state index contributed by atoms with van der Waals surface area (Å²) < 4.78 is 0. The van der Waals surface area contributed by atoms with Crippen LogP contribution in [0.25, 0.3) is 0 Å². The summed E-state index contributed by atoms with van der Waals surface area (Å²) in [5, 5.41) is 9.13. The molecule has 0 fully saturated rings. The van der Waals surface area contributed by atoms with E-state index in [9.17, 15) is 4.79 Å². The molecule has 0 amide bonds. The van der Waals surface area contributed by atoms with Crippen molar-refractivity contribution in [3.05, 3.63) is 35.4 Å². The fourth-order valence-electron chi connectivity index (χ4n) is 1.70. The summed E-state index contributed by atoms with van der Waals surface area (Å²) in [6, 6.07) is 9.74. The van der Waals surface area contributed by atoms with E-state index in [1.807, 2.05) is 38.1 Å². The van der Waals surface area contributed by atoms with E-state index in [0.717, 1.165) is 17.5 Å². The van der Waals surface area contributed by atoms with Crippen molar-refractivity contribution in [3.63, 3.8) is 0 Å². The molecule has 1 rings (SSSR count). The van der Waals surface area contributed by atoms with Crippen molar-refractivity contribution in [1.82, 2.24) is 0 Å². The topological polar surface area (TPSA) is 40.9 Å². The summed E-state index contributed by atoms with van der Waals surface area (Å²) in [6.45, 7) is 6.10. The van der Waals surface area contributed by atoms with Crippen LogP contribution in [0.3, 0.4) is 0 Å². The summed E-state index contributed by atoms with van der Waals surface area (Å²) in [4.78, 5) is 12.0. The fraction of sp³-hybridized carbons (Fsp3) is 0.467. The van der Waals surface area contributed by atoms with Crippen molar-refractivity contribution in [1.29, 1.82) is 5.26 Å². The number of hydrogen-bond donors (Lipinski definition) is 0. The molecule has 0 aliphatic heterocycles. The van der Waals surface area contributed by atoms with Crippen molar-refractivity contribution in [2.24, 2.45) is 5.92 Å². The van der Waals surface area contributed by atoms with Crippen LogP contribution in [0, 0.1) is 24.2 Å². The predicted octanol–water partition coefficient (Wildman–Crippen LogP) is 3.61. The first kappa shape index (κ1) is 13.4. The second-order valence-corrected chi connectivity index (χ2v) is 4.66. The van der Waals surface area contributed by atoms with E-state index in [1.54, 1.807) is 0 Å². The van der Waals surface area contributed by atoms with Crippen molar-refractivity contribution in [2.45, 2.75) is 39.5 Å². The SMILES string of the molecule is CCC(C)CC(=O)C(C#N)c1ccc(C)cc1. The Morgan fingerprint density at radius 3 is 2.41 bits per heavy atom. The number of carbonyl (C=O) groups is 1. The number of Topliss-reactive ketones (excluding diaryl/α,β-unsaturated/α-hetero) is 1. The standard InChI is InChI=1S/C15H19NO/c1-4-11(2)9-15(17)14(10-16)13-7-5-12(3)6-8-13/h5-8,11,14H,4,9H2,1-3H3. The minimum atomic E-state index is -0.607. The molecule has 0 aliphatic carbocycles. The highest BCUT2D eigenvalue weighted by Gasteiger charge is 2.21. The average Bonchev–Trinajstić information content (AvgIpc) is 2.32. The Labute approximate surface area is 103 Å². The number of carbonyl (C=O) groups excluding carboxylic acids is 1. The quantitative estimate of drug-likeness (QED) is 0.774. The van der Waals surface area contributed by atoms with Gasteiger partial charge in [0.25, 0.3) is 0 Å². The number of aryl methyl sites for hydroxylation is 1. The Morgan fingerprint density at radius 1 is 1.35 bits per heavy atom. The summed E-state index contributed by atoms with van der Waals surface area (Å²) in [6.07, 6.45) is 1.46. The molecule has 0 aliphatic rings. The minimum absolute atomic E-state index is 0.0331. The summed E-state index contributed by atoms with van der Waals surface area (Å²) >= 11 is 0. The third kappa shape index (κ3) is 3.71. The minimum Gasteiger partial charge on any atom is -0.298 e. The van der Waals surface area contributed by atoms with E-state index in [0.29, 0.717) is 12.3 Å². The molecule has 2 nitrogen and oxygen atoms in total. The van der Waals surface area contributed by atoms with Crippen LogP contribution in [0.4, 0.5) is 0 Å². The molecular formula is C15H19NO. The van der Waals surface area contributed by atoms with Crippen molar-refractivity contribution < 1.29 is 4.79 Å². The van der Waals surface area contributed by atoms with Gasteiger partial charge >= 0.3 is 0 Å². The van der Waals surface area contributed by atoms with E-state index in [-0.39, 0.29) is 5.78 Å². The first-order chi connectivity index (χ1) is 8.08. The number of hydrogen-bond acceptors (Lipinski definition) is 2. The summed E-state index contributed by atoms with van der Waals surface area (Å²) in [5.41, 5.74) is 1.95. The van der Waals surface area contributed by atoms with Gasteiger partial charge in [-0.2, -0.15) is 5.26 Å². The Bertz CT molecular complexity index is 414. The number of benzene rings is 1. The van der Waals surface area contributed by atoms with Gasteiger partial charge in [-0.25, -0.2) is 0 Å². The molecule has 0 heterocycles. The van der Waals surface area contributed by atoms with Gasteiger partial charge < -0.3 is 0 Å². The fourth-order valence-corrected chi connectivity index (χ4v) is 1.70. The molecule has 17 heavy (non-hydrogen) atoms. The van der Waals surface area contributed by atoms with Crippen molar-refractivity contribution >= 4 is 5.78 Å². The zero-order valence-corrected chi connectivity index (χ0v) is 10.7. The van der Waals surface area contributed by atoms with Gasteiger partial charge in [-0.05, 0) is 18.4 Å². The first-order valence-corrected chi connectivity index (χ1v) is 6.07. The van der Waals surface area contributed by atoms with Crippen LogP contribution >= 0.6 is 0 Å². The lowest BCUT2D eigenvalue weighted by Gasteiger charge is -2.12. The van der Waals surface area contributed by atoms with Gasteiger partial charge in [0.2, 0.25) is 0 Å². The molecule has 2 heteroatoms. The lowest BCUT2D eigenvalue weighted by Crippen LogP contribution is -2.14. The maximum Gasteiger partial charge on any atom is 0.154 e. The van der Waals surface area contributed by atoms with Crippen LogP contribution in [-0.4, -0.2) is 5.78 Å². The second-order valence-electron chi connectivity index (χ2n) is 4.66. The van der Waals surface area contributed by atoms with Crippen LogP contribution in [0.2, 0.25) is 0 Å². The second kappa shape index (κ2) is 6.20. The largest absolute Gasteiger partial charge is 0.298 e. The van der Waals surface area contributed by atoms with Gasteiger partial charge in [0.1, 0.15) is 5.92 Å². The molecule has 1 aromatic carbocycles. The van der Waals surface area contributed by atoms with Gasteiger partial charge in [0.15, 0.2) is 5.78 Å². The first-order valence-electron chi connectivity index (χ1n) is 6.07. The molecule has 0 spiro atoms. The zero-order valence-electron chi connectivity index (χ0n) is 10.7. The normalized spacial score (nSPS) is 13.8.